The summed E-state index contributed by atoms with van der Waals surface area (Å²) in [4.78, 5) is 14.9. The van der Waals surface area contributed by atoms with Gasteiger partial charge in [-0.15, -0.1) is 0 Å². The molecule has 0 aliphatic carbocycles. The van der Waals surface area contributed by atoms with E-state index < -0.39 is 0 Å². The lowest BCUT2D eigenvalue weighted by atomic mass is 9.99. The number of benzene rings is 2. The highest BCUT2D eigenvalue weighted by molar-refractivity contribution is 5.95. The van der Waals surface area contributed by atoms with Crippen LogP contribution in [0.5, 0.6) is 0 Å². The molecule has 1 heterocycles. The van der Waals surface area contributed by atoms with Gasteiger partial charge >= 0.3 is 0 Å². The molecular weight excluding hydrogens is 308 g/mol. The highest BCUT2D eigenvalue weighted by Gasteiger charge is 2.23. The summed E-state index contributed by atoms with van der Waals surface area (Å²) < 4.78 is 0. The van der Waals surface area contributed by atoms with Gasteiger partial charge < -0.3 is 5.32 Å². The predicted molar refractivity (Wildman–Crippen MR) is 105 cm³/mol. The average molecular weight is 334 g/mol. The van der Waals surface area contributed by atoms with Crippen LogP contribution in [0.15, 0.2) is 54.6 Å². The molecule has 3 heteroatoms. The van der Waals surface area contributed by atoms with Crippen molar-refractivity contribution in [3.63, 3.8) is 0 Å². The van der Waals surface area contributed by atoms with Crippen molar-refractivity contribution in [2.24, 2.45) is 0 Å². The number of nitrogens with one attached hydrogen (secondary N) is 1. The van der Waals surface area contributed by atoms with Crippen LogP contribution in [-0.2, 0) is 4.79 Å². The standard InChI is InChI=1S/C22H26N2O/c1-16-9-10-17(2)21(15-16)23-22(25)18(3)24-13-11-20(12-14-24)19-7-5-4-6-8-19/h4-11,15,18H,12-14H2,1-3H3,(H,23,25)/t18-/m0/s1. The van der Waals surface area contributed by atoms with Crippen LogP contribution in [0.3, 0.4) is 0 Å². The van der Waals surface area contributed by atoms with Crippen molar-refractivity contribution in [3.8, 4) is 0 Å². The lowest BCUT2D eigenvalue weighted by Crippen LogP contribution is -2.44. The fraction of sp³-hybridized carbons (Fsp3) is 0.318. The first-order valence-electron chi connectivity index (χ1n) is 8.91. The van der Waals surface area contributed by atoms with E-state index in [0.717, 1.165) is 36.3 Å². The fourth-order valence-corrected chi connectivity index (χ4v) is 3.22. The minimum Gasteiger partial charge on any atom is -0.324 e. The molecule has 3 rings (SSSR count). The SMILES string of the molecule is Cc1ccc(C)c(NC(=O)[C@H](C)N2CC=C(c3ccccc3)CC2)c1. The van der Waals surface area contributed by atoms with Crippen molar-refractivity contribution < 1.29 is 4.79 Å². The number of rotatable bonds is 4. The summed E-state index contributed by atoms with van der Waals surface area (Å²) in [5.74, 6) is 0.0604. The molecule has 0 aromatic heterocycles. The van der Waals surface area contributed by atoms with Gasteiger partial charge in [-0.1, -0.05) is 48.5 Å². The number of nitrogens with zero attached hydrogens (tertiary/aromatic N) is 1. The lowest BCUT2D eigenvalue weighted by Gasteiger charge is -2.31. The van der Waals surface area contributed by atoms with E-state index in [2.05, 4.69) is 46.6 Å². The minimum absolute atomic E-state index is 0.0604. The maximum absolute atomic E-state index is 12.7. The third-order valence-corrected chi connectivity index (χ3v) is 4.96. The second-order valence-electron chi connectivity index (χ2n) is 6.82. The summed E-state index contributed by atoms with van der Waals surface area (Å²) in [6, 6.07) is 16.5. The van der Waals surface area contributed by atoms with Crippen LogP contribution in [0, 0.1) is 13.8 Å². The second-order valence-corrected chi connectivity index (χ2v) is 6.82. The van der Waals surface area contributed by atoms with Crippen LogP contribution < -0.4 is 5.32 Å². The number of carbonyl (C=O) groups excluding carboxylic acids is 1. The Bertz CT molecular complexity index is 780. The number of hydrogen-bond acceptors (Lipinski definition) is 2. The van der Waals surface area contributed by atoms with Gasteiger partial charge in [-0.25, -0.2) is 0 Å². The molecule has 0 radical (unpaired) electrons. The summed E-state index contributed by atoms with van der Waals surface area (Å²) in [5, 5.41) is 3.09. The van der Waals surface area contributed by atoms with Gasteiger partial charge in [0.05, 0.1) is 6.04 Å². The molecule has 0 bridgehead atoms. The van der Waals surface area contributed by atoms with Gasteiger partial charge in [-0.05, 0) is 55.5 Å². The van der Waals surface area contributed by atoms with E-state index in [1.807, 2.05) is 39.0 Å². The topological polar surface area (TPSA) is 32.3 Å². The van der Waals surface area contributed by atoms with E-state index in [1.54, 1.807) is 0 Å². The number of carbonyl (C=O) groups is 1. The molecule has 0 spiro atoms. The van der Waals surface area contributed by atoms with Crippen molar-refractivity contribution in [2.45, 2.75) is 33.2 Å². The smallest absolute Gasteiger partial charge is 0.241 e. The third-order valence-electron chi connectivity index (χ3n) is 4.96. The number of hydrogen-bond donors (Lipinski definition) is 1. The Labute approximate surface area is 150 Å². The predicted octanol–water partition coefficient (Wildman–Crippen LogP) is 4.42. The molecule has 1 atom stereocenters. The average Bonchev–Trinajstić information content (AvgIpc) is 2.65. The van der Waals surface area contributed by atoms with Crippen LogP contribution in [0.4, 0.5) is 5.69 Å². The Morgan fingerprint density at radius 2 is 1.88 bits per heavy atom. The normalized spacial score (nSPS) is 16.2. The molecule has 1 N–H and O–H groups in total. The number of anilines is 1. The molecule has 130 valence electrons. The van der Waals surface area contributed by atoms with Crippen molar-refractivity contribution in [1.29, 1.82) is 0 Å². The van der Waals surface area contributed by atoms with Crippen LogP contribution in [0.25, 0.3) is 5.57 Å². The maximum atomic E-state index is 12.7. The monoisotopic (exact) mass is 334 g/mol. The Kier molecular flexibility index (Phi) is 5.34. The Balaban J connectivity index is 1.64. The first kappa shape index (κ1) is 17.4. The van der Waals surface area contributed by atoms with Crippen molar-refractivity contribution in [3.05, 3.63) is 71.3 Å². The molecule has 25 heavy (non-hydrogen) atoms. The van der Waals surface area contributed by atoms with Crippen LogP contribution >= 0.6 is 0 Å². The zero-order valence-electron chi connectivity index (χ0n) is 15.3. The van der Waals surface area contributed by atoms with Crippen LogP contribution in [0.1, 0.15) is 30.0 Å². The fourth-order valence-electron chi connectivity index (χ4n) is 3.22. The maximum Gasteiger partial charge on any atom is 0.241 e. The molecule has 0 unspecified atom stereocenters. The van der Waals surface area contributed by atoms with Crippen LogP contribution in [0.2, 0.25) is 0 Å². The van der Waals surface area contributed by atoms with E-state index in [4.69, 9.17) is 0 Å². The van der Waals surface area contributed by atoms with Gasteiger partial charge in [0, 0.05) is 18.8 Å². The molecule has 0 saturated heterocycles. The number of aryl methyl sites for hydroxylation is 2. The largest absolute Gasteiger partial charge is 0.324 e. The van der Waals surface area contributed by atoms with Gasteiger partial charge in [0.1, 0.15) is 0 Å². The Hall–Kier alpha value is -2.39. The van der Waals surface area contributed by atoms with Gasteiger partial charge in [0.2, 0.25) is 5.91 Å². The van der Waals surface area contributed by atoms with E-state index in [-0.39, 0.29) is 11.9 Å². The summed E-state index contributed by atoms with van der Waals surface area (Å²) in [6.45, 7) is 7.77. The molecule has 2 aromatic carbocycles. The van der Waals surface area contributed by atoms with Gasteiger partial charge in [0.15, 0.2) is 0 Å². The molecule has 0 saturated carbocycles. The van der Waals surface area contributed by atoms with Gasteiger partial charge in [0.25, 0.3) is 0 Å². The summed E-state index contributed by atoms with van der Waals surface area (Å²) >= 11 is 0. The van der Waals surface area contributed by atoms with E-state index in [1.165, 1.54) is 11.1 Å². The summed E-state index contributed by atoms with van der Waals surface area (Å²) in [5.41, 5.74) is 5.82. The third kappa shape index (κ3) is 4.18. The Morgan fingerprint density at radius 1 is 1.12 bits per heavy atom. The first-order chi connectivity index (χ1) is 12.0. The molecule has 1 amide bonds. The number of amides is 1. The second kappa shape index (κ2) is 7.66. The Morgan fingerprint density at radius 3 is 2.56 bits per heavy atom. The molecule has 1 aliphatic heterocycles. The van der Waals surface area contributed by atoms with E-state index in [0.29, 0.717) is 0 Å². The molecule has 3 nitrogen and oxygen atoms in total. The molecule has 1 aliphatic rings. The molecule has 2 aromatic rings. The van der Waals surface area contributed by atoms with E-state index in [9.17, 15) is 4.79 Å². The summed E-state index contributed by atoms with van der Waals surface area (Å²) in [7, 11) is 0. The first-order valence-corrected chi connectivity index (χ1v) is 8.91. The zero-order chi connectivity index (χ0) is 17.8. The van der Waals surface area contributed by atoms with Crippen molar-refractivity contribution in [2.75, 3.05) is 18.4 Å². The lowest BCUT2D eigenvalue weighted by molar-refractivity contribution is -0.120. The van der Waals surface area contributed by atoms with Crippen molar-refractivity contribution >= 4 is 17.2 Å². The van der Waals surface area contributed by atoms with E-state index >= 15 is 0 Å². The molecule has 0 fully saturated rings. The van der Waals surface area contributed by atoms with Gasteiger partial charge in [-0.3, -0.25) is 9.69 Å². The minimum atomic E-state index is -0.145. The highest BCUT2D eigenvalue weighted by atomic mass is 16.2. The summed E-state index contributed by atoms with van der Waals surface area (Å²) in [6.07, 6.45) is 3.23. The van der Waals surface area contributed by atoms with Gasteiger partial charge in [-0.2, -0.15) is 0 Å². The van der Waals surface area contributed by atoms with Crippen molar-refractivity contribution in [1.82, 2.24) is 4.90 Å². The highest BCUT2D eigenvalue weighted by Crippen LogP contribution is 2.23. The molecular formula is C22H26N2O. The quantitative estimate of drug-likeness (QED) is 0.897. The zero-order valence-corrected chi connectivity index (χ0v) is 15.3. The van der Waals surface area contributed by atoms with Crippen LogP contribution in [-0.4, -0.2) is 29.9 Å².